The highest BCUT2D eigenvalue weighted by Crippen LogP contribution is 2.45. The Labute approximate surface area is 111 Å². The van der Waals surface area contributed by atoms with E-state index in [0.29, 0.717) is 19.4 Å². The first-order valence-electron chi connectivity index (χ1n) is 6.13. The highest BCUT2D eigenvalue weighted by Gasteiger charge is 2.50. The highest BCUT2D eigenvalue weighted by atomic mass is 16.4. The maximum absolute atomic E-state index is 11.8. The van der Waals surface area contributed by atoms with Crippen molar-refractivity contribution in [3.63, 3.8) is 0 Å². The Balaban J connectivity index is 1.81. The van der Waals surface area contributed by atoms with E-state index in [1.165, 1.54) is 4.90 Å². The van der Waals surface area contributed by atoms with Crippen molar-refractivity contribution in [2.45, 2.75) is 19.4 Å². The van der Waals surface area contributed by atoms with E-state index in [4.69, 9.17) is 5.11 Å². The molecule has 0 atom stereocenters. The van der Waals surface area contributed by atoms with Gasteiger partial charge in [0.15, 0.2) is 0 Å². The van der Waals surface area contributed by atoms with Gasteiger partial charge in [0.05, 0.1) is 18.2 Å². The molecule has 0 radical (unpaired) electrons. The zero-order chi connectivity index (χ0) is 14.0. The van der Waals surface area contributed by atoms with Crippen molar-refractivity contribution >= 4 is 12.0 Å². The molecule has 1 aliphatic rings. The van der Waals surface area contributed by atoms with Gasteiger partial charge in [0.1, 0.15) is 0 Å². The van der Waals surface area contributed by atoms with Crippen LogP contribution in [-0.2, 0) is 18.4 Å². The van der Waals surface area contributed by atoms with Gasteiger partial charge in [0.25, 0.3) is 0 Å². The summed E-state index contributed by atoms with van der Waals surface area (Å²) in [4.78, 5) is 24.3. The molecule has 0 bridgehead atoms. The van der Waals surface area contributed by atoms with Gasteiger partial charge in [-0.2, -0.15) is 5.10 Å². The molecule has 7 nitrogen and oxygen atoms in total. The number of amides is 2. The van der Waals surface area contributed by atoms with Gasteiger partial charge < -0.3 is 15.3 Å². The van der Waals surface area contributed by atoms with Crippen LogP contribution in [0, 0.1) is 5.41 Å². The summed E-state index contributed by atoms with van der Waals surface area (Å²) in [5, 5.41) is 15.7. The summed E-state index contributed by atoms with van der Waals surface area (Å²) < 4.78 is 1.67. The Morgan fingerprint density at radius 2 is 2.26 bits per heavy atom. The first-order valence-corrected chi connectivity index (χ1v) is 6.13. The van der Waals surface area contributed by atoms with E-state index >= 15 is 0 Å². The number of carboxylic acid groups (broad SMARTS) is 1. The van der Waals surface area contributed by atoms with Crippen molar-refractivity contribution in [3.05, 3.63) is 18.0 Å². The van der Waals surface area contributed by atoms with Gasteiger partial charge in [-0.3, -0.25) is 9.48 Å². The van der Waals surface area contributed by atoms with E-state index in [-0.39, 0.29) is 12.6 Å². The molecular weight excluding hydrogens is 248 g/mol. The molecule has 0 unspecified atom stereocenters. The topological polar surface area (TPSA) is 87.5 Å². The third kappa shape index (κ3) is 3.04. The molecule has 0 aromatic carbocycles. The normalized spacial score (nSPS) is 15.9. The van der Waals surface area contributed by atoms with E-state index in [0.717, 1.165) is 5.56 Å². The number of hydrogen-bond acceptors (Lipinski definition) is 3. The predicted molar refractivity (Wildman–Crippen MR) is 67.4 cm³/mol. The molecule has 0 spiro atoms. The number of carbonyl (C=O) groups is 2. The number of hydrogen-bond donors (Lipinski definition) is 2. The summed E-state index contributed by atoms with van der Waals surface area (Å²) in [6.45, 7) is 0.637. The third-order valence-electron chi connectivity index (χ3n) is 3.41. The van der Waals surface area contributed by atoms with Gasteiger partial charge in [-0.05, 0) is 12.8 Å². The lowest BCUT2D eigenvalue weighted by Gasteiger charge is -2.19. The number of aliphatic carboxylic acids is 1. The SMILES string of the molecule is CN(Cc1cnn(C)c1)C(=O)NCC1(C(=O)O)CC1. The molecule has 7 heteroatoms. The molecule has 0 saturated heterocycles. The number of carboxylic acids is 1. The standard InChI is InChI=1S/C12H18N4O3/c1-15(6-9-5-14-16(2)7-9)11(19)13-8-12(3-4-12)10(17)18/h5,7H,3-4,6,8H2,1-2H3,(H,13,19)(H,17,18). The Hall–Kier alpha value is -2.05. The van der Waals surface area contributed by atoms with E-state index < -0.39 is 11.4 Å². The Bertz CT molecular complexity index is 493. The summed E-state index contributed by atoms with van der Waals surface area (Å²) in [7, 11) is 3.48. The second-order valence-electron chi connectivity index (χ2n) is 5.12. The minimum atomic E-state index is -0.831. The number of nitrogens with one attached hydrogen (secondary N) is 1. The van der Waals surface area contributed by atoms with Gasteiger partial charge in [-0.15, -0.1) is 0 Å². The minimum Gasteiger partial charge on any atom is -0.481 e. The van der Waals surface area contributed by atoms with Crippen molar-refractivity contribution in [2.75, 3.05) is 13.6 Å². The molecule has 1 aromatic rings. The zero-order valence-electron chi connectivity index (χ0n) is 11.1. The lowest BCUT2D eigenvalue weighted by atomic mass is 10.1. The molecule has 2 amide bonds. The van der Waals surface area contributed by atoms with Crippen LogP contribution in [0.1, 0.15) is 18.4 Å². The Morgan fingerprint density at radius 1 is 1.58 bits per heavy atom. The average Bonchev–Trinajstić information content (AvgIpc) is 3.05. The van der Waals surface area contributed by atoms with Crippen LogP contribution >= 0.6 is 0 Å². The summed E-state index contributed by atoms with van der Waals surface area (Å²) in [5.74, 6) is -0.831. The number of aromatic nitrogens is 2. The van der Waals surface area contributed by atoms with Crippen molar-refractivity contribution in [2.24, 2.45) is 12.5 Å². The maximum Gasteiger partial charge on any atom is 0.317 e. The summed E-state index contributed by atoms with van der Waals surface area (Å²) in [5.41, 5.74) is 0.199. The first-order chi connectivity index (χ1) is 8.93. The van der Waals surface area contributed by atoms with Gasteiger partial charge in [0.2, 0.25) is 0 Å². The second-order valence-corrected chi connectivity index (χ2v) is 5.12. The fourth-order valence-corrected chi connectivity index (χ4v) is 1.90. The zero-order valence-corrected chi connectivity index (χ0v) is 11.1. The molecule has 1 saturated carbocycles. The second kappa shape index (κ2) is 4.91. The number of nitrogens with zero attached hydrogens (tertiary/aromatic N) is 3. The van der Waals surface area contributed by atoms with Crippen LogP contribution in [0.2, 0.25) is 0 Å². The fourth-order valence-electron chi connectivity index (χ4n) is 1.90. The van der Waals surface area contributed by atoms with Crippen LogP contribution in [0.15, 0.2) is 12.4 Å². The van der Waals surface area contributed by atoms with E-state index in [2.05, 4.69) is 10.4 Å². The summed E-state index contributed by atoms with van der Waals surface area (Å²) in [6.07, 6.45) is 4.80. The molecular formula is C12H18N4O3. The molecule has 2 N–H and O–H groups in total. The van der Waals surface area contributed by atoms with Crippen LogP contribution < -0.4 is 5.32 Å². The number of urea groups is 1. The minimum absolute atomic E-state index is 0.193. The van der Waals surface area contributed by atoms with Crippen LogP contribution in [-0.4, -0.2) is 45.4 Å². The fraction of sp³-hybridized carbons (Fsp3) is 0.583. The monoisotopic (exact) mass is 266 g/mol. The molecule has 2 rings (SSSR count). The van der Waals surface area contributed by atoms with E-state index in [1.54, 1.807) is 17.9 Å². The van der Waals surface area contributed by atoms with Crippen molar-refractivity contribution in [1.82, 2.24) is 20.0 Å². The quantitative estimate of drug-likeness (QED) is 0.809. The van der Waals surface area contributed by atoms with Gasteiger partial charge >= 0.3 is 12.0 Å². The Kier molecular flexibility index (Phi) is 3.46. The van der Waals surface area contributed by atoms with Crippen molar-refractivity contribution < 1.29 is 14.7 Å². The van der Waals surface area contributed by atoms with E-state index in [9.17, 15) is 9.59 Å². The predicted octanol–water partition coefficient (Wildman–Crippen LogP) is 0.426. The lowest BCUT2D eigenvalue weighted by molar-refractivity contribution is -0.143. The summed E-state index contributed by atoms with van der Waals surface area (Å²) >= 11 is 0. The van der Waals surface area contributed by atoms with Crippen molar-refractivity contribution in [1.29, 1.82) is 0 Å². The number of aryl methyl sites for hydroxylation is 1. The highest BCUT2D eigenvalue weighted by molar-refractivity contribution is 5.80. The third-order valence-corrected chi connectivity index (χ3v) is 3.41. The molecule has 19 heavy (non-hydrogen) atoms. The van der Waals surface area contributed by atoms with E-state index in [1.807, 2.05) is 13.2 Å². The molecule has 1 aliphatic carbocycles. The number of carbonyl (C=O) groups excluding carboxylic acids is 1. The number of rotatable bonds is 5. The summed E-state index contributed by atoms with van der Waals surface area (Å²) in [6, 6.07) is -0.267. The Morgan fingerprint density at radius 3 is 2.74 bits per heavy atom. The molecule has 0 aliphatic heterocycles. The molecule has 1 fully saturated rings. The molecule has 1 aromatic heterocycles. The maximum atomic E-state index is 11.8. The van der Waals surface area contributed by atoms with Gasteiger partial charge in [-0.25, -0.2) is 4.79 Å². The molecule has 1 heterocycles. The lowest BCUT2D eigenvalue weighted by Crippen LogP contribution is -2.41. The van der Waals surface area contributed by atoms with Crippen LogP contribution in [0.3, 0.4) is 0 Å². The first kappa shape index (κ1) is 13.4. The largest absolute Gasteiger partial charge is 0.481 e. The van der Waals surface area contributed by atoms with Crippen LogP contribution in [0.5, 0.6) is 0 Å². The molecule has 104 valence electrons. The van der Waals surface area contributed by atoms with Gasteiger partial charge in [0, 0.05) is 32.4 Å². The average molecular weight is 266 g/mol. The van der Waals surface area contributed by atoms with Crippen LogP contribution in [0.25, 0.3) is 0 Å². The van der Waals surface area contributed by atoms with Crippen LogP contribution in [0.4, 0.5) is 4.79 Å². The van der Waals surface area contributed by atoms with Gasteiger partial charge in [-0.1, -0.05) is 0 Å². The smallest absolute Gasteiger partial charge is 0.317 e. The van der Waals surface area contributed by atoms with Crippen molar-refractivity contribution in [3.8, 4) is 0 Å².